The van der Waals surface area contributed by atoms with Crippen molar-refractivity contribution in [3.05, 3.63) is 112 Å². The molecular formula is C35H41N3O6. The zero-order valence-electron chi connectivity index (χ0n) is 25.5. The van der Waals surface area contributed by atoms with Gasteiger partial charge in [0.1, 0.15) is 0 Å². The third-order valence-electron chi connectivity index (χ3n) is 10.8. The number of hydrogen-bond acceptors (Lipinski definition) is 6. The average molecular weight is 600 g/mol. The van der Waals surface area contributed by atoms with E-state index in [4.69, 9.17) is 0 Å². The van der Waals surface area contributed by atoms with Crippen LogP contribution in [0.25, 0.3) is 0 Å². The summed E-state index contributed by atoms with van der Waals surface area (Å²) in [6.45, 7) is 7.05. The molecule has 0 spiro atoms. The highest BCUT2D eigenvalue weighted by atomic mass is 16.6. The van der Waals surface area contributed by atoms with E-state index in [9.17, 15) is 29.9 Å². The lowest BCUT2D eigenvalue weighted by atomic mass is 9.51. The lowest BCUT2D eigenvalue weighted by Gasteiger charge is -2.56. The SMILES string of the molecule is CC1N[C@H](C)C(C)(C(=O)O)C(c2cccc([N+](=O)[O-])c2)C1(CCN1CCC(c2ccccc2)(c2ccccc2)CC1)C(=O)O. The Morgan fingerprint density at radius 2 is 1.45 bits per heavy atom. The predicted octanol–water partition coefficient (Wildman–Crippen LogP) is 5.69. The van der Waals surface area contributed by atoms with Crippen molar-refractivity contribution < 1.29 is 24.7 Å². The molecular weight excluding hydrogens is 558 g/mol. The van der Waals surface area contributed by atoms with E-state index in [0.717, 1.165) is 25.9 Å². The molecule has 4 unspecified atom stereocenters. The minimum atomic E-state index is -1.54. The summed E-state index contributed by atoms with van der Waals surface area (Å²) in [5, 5.41) is 36.6. The fourth-order valence-electron chi connectivity index (χ4n) is 8.04. The molecule has 3 aromatic carbocycles. The summed E-state index contributed by atoms with van der Waals surface area (Å²) in [7, 11) is 0. The number of aliphatic carboxylic acids is 2. The predicted molar refractivity (Wildman–Crippen MR) is 168 cm³/mol. The van der Waals surface area contributed by atoms with Gasteiger partial charge in [0.05, 0.1) is 15.8 Å². The first kappa shape index (κ1) is 31.3. The Kier molecular flexibility index (Phi) is 8.64. The Morgan fingerprint density at radius 1 is 0.886 bits per heavy atom. The number of carbonyl (C=O) groups is 2. The van der Waals surface area contributed by atoms with Gasteiger partial charge in [0.15, 0.2) is 0 Å². The monoisotopic (exact) mass is 599 g/mol. The van der Waals surface area contributed by atoms with Crippen LogP contribution in [0.1, 0.15) is 62.6 Å². The van der Waals surface area contributed by atoms with Crippen molar-refractivity contribution in [2.24, 2.45) is 10.8 Å². The van der Waals surface area contributed by atoms with Crippen LogP contribution in [-0.4, -0.2) is 63.7 Å². The molecule has 0 radical (unpaired) electrons. The van der Waals surface area contributed by atoms with E-state index in [1.54, 1.807) is 26.8 Å². The van der Waals surface area contributed by atoms with Crippen molar-refractivity contribution in [1.82, 2.24) is 10.2 Å². The molecule has 2 heterocycles. The van der Waals surface area contributed by atoms with Gasteiger partial charge < -0.3 is 20.4 Å². The van der Waals surface area contributed by atoms with Gasteiger partial charge in [-0.1, -0.05) is 72.8 Å². The number of nitro benzene ring substituents is 1. The van der Waals surface area contributed by atoms with Gasteiger partial charge in [-0.15, -0.1) is 0 Å². The summed E-state index contributed by atoms with van der Waals surface area (Å²) in [5.74, 6) is -3.26. The number of hydrogen-bond donors (Lipinski definition) is 3. The van der Waals surface area contributed by atoms with E-state index >= 15 is 0 Å². The number of nitrogens with one attached hydrogen (secondary N) is 1. The number of piperidine rings is 2. The standard InChI is InChI=1S/C35H41N3O6/c1-24-33(3,31(39)40)30(26-11-10-16-29(23-26)38(43)44)35(32(41)42,25(2)36-24)19-22-37-20-17-34(18-21-37,27-12-6-4-7-13-27)28-14-8-5-9-15-28/h4-16,23-25,30,36H,17-22H2,1-3H3,(H,39,40)(H,41,42)/t24-,25?,30?,33?,35?/m1/s1. The quantitative estimate of drug-likeness (QED) is 0.211. The third-order valence-corrected chi connectivity index (χ3v) is 10.8. The molecule has 0 saturated carbocycles. The Hall–Kier alpha value is -4.08. The van der Waals surface area contributed by atoms with E-state index in [2.05, 4.69) is 58.7 Å². The van der Waals surface area contributed by atoms with Gasteiger partial charge in [-0.3, -0.25) is 19.7 Å². The summed E-state index contributed by atoms with van der Waals surface area (Å²) in [6.07, 6.45) is 1.89. The smallest absolute Gasteiger partial charge is 0.311 e. The van der Waals surface area contributed by atoms with Crippen molar-refractivity contribution in [2.75, 3.05) is 19.6 Å². The van der Waals surface area contributed by atoms with Crippen LogP contribution < -0.4 is 5.32 Å². The largest absolute Gasteiger partial charge is 0.481 e. The number of likely N-dealkylation sites (tertiary alicyclic amines) is 1. The van der Waals surface area contributed by atoms with E-state index < -0.39 is 45.7 Å². The van der Waals surface area contributed by atoms with Crippen molar-refractivity contribution >= 4 is 17.6 Å². The summed E-state index contributed by atoms with van der Waals surface area (Å²) in [4.78, 5) is 39.9. The van der Waals surface area contributed by atoms with E-state index in [1.165, 1.54) is 29.3 Å². The highest BCUT2D eigenvalue weighted by molar-refractivity contribution is 5.84. The second kappa shape index (κ2) is 12.1. The molecule has 0 amide bonds. The molecule has 2 aliphatic rings. The number of non-ortho nitro benzene ring substituents is 1. The highest BCUT2D eigenvalue weighted by Crippen LogP contribution is 2.57. The van der Waals surface area contributed by atoms with Gasteiger partial charge in [0.2, 0.25) is 0 Å². The molecule has 9 nitrogen and oxygen atoms in total. The number of rotatable bonds is 9. The van der Waals surface area contributed by atoms with E-state index in [-0.39, 0.29) is 17.5 Å². The molecule has 3 aromatic rings. The molecule has 2 fully saturated rings. The lowest BCUT2D eigenvalue weighted by Crippen LogP contribution is -2.69. The van der Waals surface area contributed by atoms with Gasteiger partial charge in [-0.05, 0) is 76.4 Å². The van der Waals surface area contributed by atoms with Crippen LogP contribution in [0.15, 0.2) is 84.9 Å². The topological polar surface area (TPSA) is 133 Å². The molecule has 5 atom stereocenters. The number of nitrogens with zero attached hydrogens (tertiary/aromatic N) is 2. The fraction of sp³-hybridized carbons (Fsp3) is 0.429. The van der Waals surface area contributed by atoms with Crippen LogP contribution >= 0.6 is 0 Å². The molecule has 44 heavy (non-hydrogen) atoms. The second-order valence-electron chi connectivity index (χ2n) is 12.7. The molecule has 2 saturated heterocycles. The fourth-order valence-corrected chi connectivity index (χ4v) is 8.04. The first-order chi connectivity index (χ1) is 21.0. The maximum absolute atomic E-state index is 13.5. The number of carboxylic acids is 2. The van der Waals surface area contributed by atoms with Crippen LogP contribution in [0, 0.1) is 20.9 Å². The molecule has 2 aliphatic heterocycles. The van der Waals surface area contributed by atoms with Crippen molar-refractivity contribution in [3.63, 3.8) is 0 Å². The van der Waals surface area contributed by atoms with Crippen molar-refractivity contribution in [1.29, 1.82) is 0 Å². The number of nitro groups is 1. The Balaban J connectivity index is 1.49. The van der Waals surface area contributed by atoms with E-state index in [1.807, 2.05) is 12.1 Å². The van der Waals surface area contributed by atoms with Gasteiger partial charge in [0, 0.05) is 35.5 Å². The Morgan fingerprint density at radius 3 is 1.95 bits per heavy atom. The van der Waals surface area contributed by atoms with E-state index in [0.29, 0.717) is 12.1 Å². The van der Waals surface area contributed by atoms with Crippen LogP contribution in [0.3, 0.4) is 0 Å². The van der Waals surface area contributed by atoms with Gasteiger partial charge >= 0.3 is 11.9 Å². The first-order valence-electron chi connectivity index (χ1n) is 15.3. The maximum Gasteiger partial charge on any atom is 0.311 e. The Labute approximate surface area is 258 Å². The summed E-state index contributed by atoms with van der Waals surface area (Å²) in [5.41, 5.74) is -0.559. The molecule has 0 aliphatic carbocycles. The van der Waals surface area contributed by atoms with Crippen LogP contribution in [0.2, 0.25) is 0 Å². The first-order valence-corrected chi connectivity index (χ1v) is 15.3. The third kappa shape index (κ3) is 5.18. The molecule has 9 heteroatoms. The van der Waals surface area contributed by atoms with Crippen LogP contribution in [0.5, 0.6) is 0 Å². The minimum Gasteiger partial charge on any atom is -0.481 e. The van der Waals surface area contributed by atoms with Crippen LogP contribution in [0.4, 0.5) is 5.69 Å². The summed E-state index contributed by atoms with van der Waals surface area (Å²) >= 11 is 0. The molecule has 0 bridgehead atoms. The molecule has 5 rings (SSSR count). The van der Waals surface area contributed by atoms with Crippen molar-refractivity contribution in [2.45, 2.75) is 63.5 Å². The minimum absolute atomic E-state index is 0.161. The zero-order chi connectivity index (χ0) is 31.7. The number of benzene rings is 3. The summed E-state index contributed by atoms with van der Waals surface area (Å²) < 4.78 is 0. The number of carboxylic acid groups (broad SMARTS) is 2. The van der Waals surface area contributed by atoms with Gasteiger partial charge in [-0.2, -0.15) is 0 Å². The zero-order valence-corrected chi connectivity index (χ0v) is 25.5. The molecule has 232 valence electrons. The second-order valence-corrected chi connectivity index (χ2v) is 12.7. The molecule has 0 aromatic heterocycles. The van der Waals surface area contributed by atoms with Crippen molar-refractivity contribution in [3.8, 4) is 0 Å². The maximum atomic E-state index is 13.5. The normalized spacial score (nSPS) is 28.7. The Bertz CT molecular complexity index is 1470. The average Bonchev–Trinajstić information content (AvgIpc) is 3.03. The van der Waals surface area contributed by atoms with Gasteiger partial charge in [0.25, 0.3) is 5.69 Å². The van der Waals surface area contributed by atoms with Crippen LogP contribution in [-0.2, 0) is 15.0 Å². The summed E-state index contributed by atoms with van der Waals surface area (Å²) in [6, 6.07) is 25.7. The highest BCUT2D eigenvalue weighted by Gasteiger charge is 2.65. The van der Waals surface area contributed by atoms with Gasteiger partial charge in [-0.25, -0.2) is 0 Å². The molecule has 3 N–H and O–H groups in total. The lowest BCUT2D eigenvalue weighted by molar-refractivity contribution is -0.385.